The van der Waals surface area contributed by atoms with Gasteiger partial charge in [0.25, 0.3) is 0 Å². The van der Waals surface area contributed by atoms with Crippen molar-refractivity contribution in [1.29, 1.82) is 0 Å². The minimum absolute atomic E-state index is 0.103. The highest BCUT2D eigenvalue weighted by molar-refractivity contribution is 5.73. The van der Waals surface area contributed by atoms with E-state index in [0.717, 1.165) is 44.3 Å². The highest BCUT2D eigenvalue weighted by Gasteiger charge is 2.27. The van der Waals surface area contributed by atoms with Crippen LogP contribution in [-0.2, 0) is 17.8 Å². The number of hydrogen-bond acceptors (Lipinski definition) is 3. The van der Waals surface area contributed by atoms with Gasteiger partial charge in [-0.1, -0.05) is 50.1 Å². The van der Waals surface area contributed by atoms with Crippen molar-refractivity contribution in [3.8, 4) is 0 Å². The molecule has 0 saturated carbocycles. The number of fused-ring (bicyclic) bond motifs is 1. The summed E-state index contributed by atoms with van der Waals surface area (Å²) in [6.45, 7) is 9.91. The monoisotopic (exact) mass is 354 g/mol. The summed E-state index contributed by atoms with van der Waals surface area (Å²) in [6.07, 6.45) is 12.2. The molecule has 0 saturated heterocycles. The number of benzene rings is 1. The molecule has 0 aromatic heterocycles. The molecule has 0 spiro atoms. The second kappa shape index (κ2) is 11.0. The fourth-order valence-corrected chi connectivity index (χ4v) is 3.71. The molecule has 0 radical (unpaired) electrons. The predicted molar refractivity (Wildman–Crippen MR) is 111 cm³/mol. The molecule has 2 rings (SSSR count). The smallest absolute Gasteiger partial charge is 0.142 e. The van der Waals surface area contributed by atoms with E-state index in [1.807, 2.05) is 13.1 Å². The standard InChI is InChI=1S/C23H34N2O/c1-4-5-12-22(18-26)25-17-21-16-20(13-14-23(21)19(25)2)11-9-7-6-8-10-15-24-3/h4,13-14,16,18,22,24H,1-2,5-12,15,17H2,3H3. The van der Waals surface area contributed by atoms with E-state index >= 15 is 0 Å². The van der Waals surface area contributed by atoms with Crippen molar-refractivity contribution >= 4 is 12.0 Å². The van der Waals surface area contributed by atoms with Gasteiger partial charge in [0.15, 0.2) is 0 Å². The highest BCUT2D eigenvalue weighted by Crippen LogP contribution is 2.34. The van der Waals surface area contributed by atoms with Crippen LogP contribution in [0.1, 0.15) is 61.6 Å². The van der Waals surface area contributed by atoms with E-state index in [4.69, 9.17) is 0 Å². The van der Waals surface area contributed by atoms with E-state index in [9.17, 15) is 4.79 Å². The third kappa shape index (κ3) is 5.57. The maximum absolute atomic E-state index is 11.5. The number of rotatable bonds is 13. The van der Waals surface area contributed by atoms with E-state index in [-0.39, 0.29) is 6.04 Å². The summed E-state index contributed by atoms with van der Waals surface area (Å²) in [5, 5.41) is 3.20. The van der Waals surface area contributed by atoms with E-state index in [0.29, 0.717) is 0 Å². The van der Waals surface area contributed by atoms with E-state index in [1.165, 1.54) is 48.8 Å². The Kier molecular flexibility index (Phi) is 8.63. The molecule has 1 unspecified atom stereocenters. The summed E-state index contributed by atoms with van der Waals surface area (Å²) in [5.74, 6) is 0. The SMILES string of the molecule is C=CCCC(C=O)N1Cc2cc(CCCCCCCNC)ccc2C1=C. The second-order valence-electron chi connectivity index (χ2n) is 7.26. The number of nitrogens with zero attached hydrogens (tertiary/aromatic N) is 1. The highest BCUT2D eigenvalue weighted by atomic mass is 16.1. The molecule has 1 heterocycles. The van der Waals surface area contributed by atoms with Crippen molar-refractivity contribution in [2.75, 3.05) is 13.6 Å². The molecule has 0 aliphatic carbocycles. The minimum atomic E-state index is -0.103. The summed E-state index contributed by atoms with van der Waals surface area (Å²) in [7, 11) is 2.01. The van der Waals surface area contributed by atoms with Gasteiger partial charge >= 0.3 is 0 Å². The molecule has 142 valence electrons. The van der Waals surface area contributed by atoms with Crippen LogP contribution in [-0.4, -0.2) is 30.8 Å². The topological polar surface area (TPSA) is 32.3 Å². The molecule has 3 heteroatoms. The largest absolute Gasteiger partial charge is 0.357 e. The van der Waals surface area contributed by atoms with Gasteiger partial charge in [0.05, 0.1) is 6.04 Å². The van der Waals surface area contributed by atoms with Crippen LogP contribution in [0.2, 0.25) is 0 Å². The third-order valence-corrected chi connectivity index (χ3v) is 5.28. The van der Waals surface area contributed by atoms with Crippen LogP contribution in [0.4, 0.5) is 0 Å². The summed E-state index contributed by atoms with van der Waals surface area (Å²) >= 11 is 0. The number of carbonyl (C=O) groups is 1. The molecule has 26 heavy (non-hydrogen) atoms. The fourth-order valence-electron chi connectivity index (χ4n) is 3.71. The van der Waals surface area contributed by atoms with E-state index in [2.05, 4.69) is 41.6 Å². The van der Waals surface area contributed by atoms with Crippen LogP contribution < -0.4 is 5.32 Å². The van der Waals surface area contributed by atoms with Crippen LogP contribution in [0, 0.1) is 0 Å². The normalized spacial score (nSPS) is 14.3. The zero-order valence-electron chi connectivity index (χ0n) is 16.3. The quantitative estimate of drug-likeness (QED) is 0.316. The molecular formula is C23H34N2O. The van der Waals surface area contributed by atoms with E-state index in [1.54, 1.807) is 0 Å². The van der Waals surface area contributed by atoms with Crippen molar-refractivity contribution in [1.82, 2.24) is 10.2 Å². The van der Waals surface area contributed by atoms with Crippen LogP contribution in [0.5, 0.6) is 0 Å². The summed E-state index contributed by atoms with van der Waals surface area (Å²) in [5.41, 5.74) is 4.90. The number of aldehydes is 1. The van der Waals surface area contributed by atoms with Gasteiger partial charge in [-0.3, -0.25) is 0 Å². The molecule has 1 aliphatic rings. The summed E-state index contributed by atoms with van der Waals surface area (Å²) in [4.78, 5) is 13.7. The average molecular weight is 355 g/mol. The molecule has 0 amide bonds. The lowest BCUT2D eigenvalue weighted by molar-refractivity contribution is -0.111. The van der Waals surface area contributed by atoms with Crippen molar-refractivity contribution in [2.45, 2.75) is 64.0 Å². The van der Waals surface area contributed by atoms with Crippen molar-refractivity contribution < 1.29 is 4.79 Å². The van der Waals surface area contributed by atoms with Gasteiger partial charge in [-0.2, -0.15) is 0 Å². The number of unbranched alkanes of at least 4 members (excludes halogenated alkanes) is 4. The lowest BCUT2D eigenvalue weighted by Crippen LogP contribution is -2.30. The molecule has 1 N–H and O–H groups in total. The number of nitrogens with one attached hydrogen (secondary N) is 1. The van der Waals surface area contributed by atoms with Crippen LogP contribution in [0.15, 0.2) is 37.4 Å². The van der Waals surface area contributed by atoms with Crippen molar-refractivity contribution in [3.05, 3.63) is 54.1 Å². The van der Waals surface area contributed by atoms with Gasteiger partial charge in [-0.25, -0.2) is 0 Å². The Morgan fingerprint density at radius 3 is 2.73 bits per heavy atom. The molecule has 1 aromatic carbocycles. The number of allylic oxidation sites excluding steroid dienone is 1. The van der Waals surface area contributed by atoms with Gasteiger partial charge in [0.1, 0.15) is 6.29 Å². The zero-order valence-corrected chi connectivity index (χ0v) is 16.3. The summed E-state index contributed by atoms with van der Waals surface area (Å²) < 4.78 is 0. The minimum Gasteiger partial charge on any atom is -0.357 e. The Bertz CT molecular complexity index is 608. The lowest BCUT2D eigenvalue weighted by Gasteiger charge is -2.25. The lowest BCUT2D eigenvalue weighted by atomic mass is 10.0. The third-order valence-electron chi connectivity index (χ3n) is 5.28. The van der Waals surface area contributed by atoms with Gasteiger partial charge in [-0.05, 0) is 56.8 Å². The number of hydrogen-bond donors (Lipinski definition) is 1. The Morgan fingerprint density at radius 1 is 1.23 bits per heavy atom. The molecule has 3 nitrogen and oxygen atoms in total. The van der Waals surface area contributed by atoms with Gasteiger partial charge in [0.2, 0.25) is 0 Å². The predicted octanol–water partition coefficient (Wildman–Crippen LogP) is 4.72. The maximum Gasteiger partial charge on any atom is 0.142 e. The Balaban J connectivity index is 1.86. The van der Waals surface area contributed by atoms with E-state index < -0.39 is 0 Å². The molecule has 1 atom stereocenters. The van der Waals surface area contributed by atoms with Gasteiger partial charge in [-0.15, -0.1) is 6.58 Å². The van der Waals surface area contributed by atoms with Crippen molar-refractivity contribution in [3.63, 3.8) is 0 Å². The number of carbonyl (C=O) groups excluding carboxylic acids is 1. The van der Waals surface area contributed by atoms with Crippen LogP contribution >= 0.6 is 0 Å². The Morgan fingerprint density at radius 2 is 2.00 bits per heavy atom. The second-order valence-corrected chi connectivity index (χ2v) is 7.26. The average Bonchev–Trinajstić information content (AvgIpc) is 2.98. The first-order valence-electron chi connectivity index (χ1n) is 9.99. The van der Waals surface area contributed by atoms with Gasteiger partial charge in [0, 0.05) is 17.8 Å². The first-order chi connectivity index (χ1) is 12.7. The van der Waals surface area contributed by atoms with Crippen LogP contribution in [0.3, 0.4) is 0 Å². The molecule has 0 bridgehead atoms. The first-order valence-corrected chi connectivity index (χ1v) is 9.99. The molecule has 0 fully saturated rings. The number of aryl methyl sites for hydroxylation is 1. The molecule has 1 aromatic rings. The molecule has 1 aliphatic heterocycles. The van der Waals surface area contributed by atoms with Crippen molar-refractivity contribution in [2.24, 2.45) is 0 Å². The Hall–Kier alpha value is -1.87. The fraction of sp³-hybridized carbons (Fsp3) is 0.522. The zero-order chi connectivity index (χ0) is 18.8. The molecular weight excluding hydrogens is 320 g/mol. The van der Waals surface area contributed by atoms with Gasteiger partial charge < -0.3 is 15.0 Å². The Labute approximate surface area is 159 Å². The maximum atomic E-state index is 11.5. The summed E-state index contributed by atoms with van der Waals surface area (Å²) in [6, 6.07) is 6.63. The van der Waals surface area contributed by atoms with Crippen LogP contribution in [0.25, 0.3) is 5.70 Å². The first kappa shape index (κ1) is 20.4.